The van der Waals surface area contributed by atoms with Crippen LogP contribution in [0, 0.1) is 5.21 Å². The Bertz CT molecular complexity index is 1190. The van der Waals surface area contributed by atoms with E-state index in [4.69, 9.17) is 0 Å². The van der Waals surface area contributed by atoms with Crippen LogP contribution in [-0.2, 0) is 19.3 Å². The third-order valence-corrected chi connectivity index (χ3v) is 6.45. The second-order valence-corrected chi connectivity index (χ2v) is 10.1. The van der Waals surface area contributed by atoms with Crippen molar-refractivity contribution in [3.8, 4) is 0 Å². The van der Waals surface area contributed by atoms with Crippen LogP contribution in [0.2, 0.25) is 0 Å². The molecule has 0 saturated heterocycles. The highest BCUT2D eigenvalue weighted by Crippen LogP contribution is 2.29. The minimum Gasteiger partial charge on any atom is -0.633 e. The highest BCUT2D eigenvalue weighted by Gasteiger charge is 2.37. The van der Waals surface area contributed by atoms with Gasteiger partial charge in [-0.15, -0.1) is 0 Å². The summed E-state index contributed by atoms with van der Waals surface area (Å²) in [6, 6.07) is 16.1. The molecule has 194 valence electrons. The summed E-state index contributed by atoms with van der Waals surface area (Å²) in [6.07, 6.45) is -3.70. The topological polar surface area (TPSA) is 61.2 Å². The number of benzene rings is 2. The third kappa shape index (κ3) is 7.49. The van der Waals surface area contributed by atoms with Gasteiger partial charge in [0.05, 0.1) is 33.2 Å². The molecule has 3 aromatic rings. The summed E-state index contributed by atoms with van der Waals surface area (Å²) in [7, 11) is 3.08. The Morgan fingerprint density at radius 1 is 1.08 bits per heavy atom. The molecule has 0 aliphatic heterocycles. The maximum Gasteiger partial charge on any atom is 0.423 e. The molecule has 1 heterocycles. The van der Waals surface area contributed by atoms with E-state index in [0.717, 1.165) is 14.6 Å². The highest BCUT2D eigenvalue weighted by atomic mass is 79.9. The number of hydrogen-bond acceptors (Lipinski definition) is 4. The Morgan fingerprint density at radius 3 is 2.28 bits per heavy atom. The lowest BCUT2D eigenvalue weighted by Gasteiger charge is -2.38. The normalized spacial score (nSPS) is 13.2. The summed E-state index contributed by atoms with van der Waals surface area (Å²) in [5.74, 6) is 0.243. The number of likely N-dealkylation sites (N-methyl/N-ethyl adjacent to an activating group) is 1. The maximum absolute atomic E-state index is 13.6. The van der Waals surface area contributed by atoms with Gasteiger partial charge in [0.25, 0.3) is 5.56 Å². The van der Waals surface area contributed by atoms with Gasteiger partial charge >= 0.3 is 6.18 Å². The fourth-order valence-corrected chi connectivity index (χ4v) is 4.29. The van der Waals surface area contributed by atoms with E-state index < -0.39 is 28.0 Å². The summed E-state index contributed by atoms with van der Waals surface area (Å²) >= 11 is 3.42. The number of quaternary nitrogens is 1. The molecule has 1 unspecified atom stereocenters. The smallest absolute Gasteiger partial charge is 0.423 e. The van der Waals surface area contributed by atoms with Crippen LogP contribution in [-0.4, -0.2) is 46.3 Å². The van der Waals surface area contributed by atoms with Crippen LogP contribution in [0.15, 0.2) is 70.1 Å². The molecule has 3 rings (SSSR count). The lowest BCUT2D eigenvalue weighted by atomic mass is 10.1. The van der Waals surface area contributed by atoms with E-state index in [-0.39, 0.29) is 18.9 Å². The van der Waals surface area contributed by atoms with Crippen LogP contribution in [0.5, 0.6) is 0 Å². The predicted molar refractivity (Wildman–Crippen MR) is 137 cm³/mol. The molecule has 0 spiro atoms. The lowest BCUT2D eigenvalue weighted by molar-refractivity contribution is -0.839. The largest absolute Gasteiger partial charge is 0.633 e. The van der Waals surface area contributed by atoms with Crippen molar-refractivity contribution in [3.05, 3.63) is 103 Å². The van der Waals surface area contributed by atoms with Crippen molar-refractivity contribution in [2.24, 2.45) is 0 Å². The molecule has 0 fully saturated rings. The van der Waals surface area contributed by atoms with E-state index in [1.807, 2.05) is 36.1 Å². The van der Waals surface area contributed by atoms with E-state index in [0.29, 0.717) is 31.3 Å². The first-order valence-corrected chi connectivity index (χ1v) is 12.4. The average molecular weight is 567 g/mol. The van der Waals surface area contributed by atoms with Crippen molar-refractivity contribution < 1.29 is 17.8 Å². The molecule has 0 N–H and O–H groups in total. The average Bonchev–Trinajstić information content (AvgIpc) is 2.80. The fourth-order valence-electron chi connectivity index (χ4n) is 4.03. The number of hydroxylamine groups is 3. The second-order valence-electron chi connectivity index (χ2n) is 9.22. The molecule has 0 amide bonds. The number of aromatic nitrogens is 2. The van der Waals surface area contributed by atoms with Gasteiger partial charge in [-0.2, -0.15) is 13.2 Å². The zero-order valence-electron chi connectivity index (χ0n) is 20.5. The predicted octanol–water partition coefficient (Wildman–Crippen LogP) is 5.60. The van der Waals surface area contributed by atoms with Crippen LogP contribution in [0.4, 0.5) is 13.2 Å². The van der Waals surface area contributed by atoms with Gasteiger partial charge < -0.3 is 9.85 Å². The van der Waals surface area contributed by atoms with Gasteiger partial charge in [0.1, 0.15) is 11.4 Å². The van der Waals surface area contributed by atoms with E-state index in [2.05, 4.69) is 20.9 Å². The molecule has 0 radical (unpaired) electrons. The highest BCUT2D eigenvalue weighted by molar-refractivity contribution is 9.10. The van der Waals surface area contributed by atoms with E-state index in [1.165, 1.54) is 0 Å². The molecule has 0 aliphatic carbocycles. The number of hydrogen-bond donors (Lipinski definition) is 0. The van der Waals surface area contributed by atoms with E-state index >= 15 is 0 Å². The summed E-state index contributed by atoms with van der Waals surface area (Å²) in [5, 5.41) is 12.4. The lowest BCUT2D eigenvalue weighted by Crippen LogP contribution is -2.43. The van der Waals surface area contributed by atoms with Crippen molar-refractivity contribution >= 4 is 15.9 Å². The Hall–Kier alpha value is -2.53. The Morgan fingerprint density at radius 2 is 1.72 bits per heavy atom. The van der Waals surface area contributed by atoms with Gasteiger partial charge in [0, 0.05) is 23.8 Å². The SMILES string of the molecule is CCC(c1ncc(C(F)(F)F)c(=O)n1Cc1ccccc1)N(CC[N+](C)(C)[O-])Cc1ccc(Br)cc1. The van der Waals surface area contributed by atoms with Crippen LogP contribution in [0.25, 0.3) is 0 Å². The Kier molecular flexibility index (Phi) is 9.10. The zero-order chi connectivity index (χ0) is 26.5. The molecule has 0 bridgehead atoms. The summed E-state index contributed by atoms with van der Waals surface area (Å²) in [6.45, 7) is 2.92. The van der Waals surface area contributed by atoms with Gasteiger partial charge in [-0.3, -0.25) is 14.3 Å². The third-order valence-electron chi connectivity index (χ3n) is 5.92. The molecule has 1 atom stereocenters. The van der Waals surface area contributed by atoms with E-state index in [9.17, 15) is 23.2 Å². The number of alkyl halides is 3. The molecule has 10 heteroatoms. The maximum atomic E-state index is 13.6. The molecule has 2 aromatic carbocycles. The van der Waals surface area contributed by atoms with Crippen LogP contribution >= 0.6 is 15.9 Å². The molecular formula is C26H30BrF3N4O2. The molecule has 1 aromatic heterocycles. The van der Waals surface area contributed by atoms with E-state index in [1.54, 1.807) is 44.4 Å². The monoisotopic (exact) mass is 566 g/mol. The van der Waals surface area contributed by atoms with Crippen LogP contribution in [0.1, 0.15) is 41.9 Å². The van der Waals surface area contributed by atoms with Crippen molar-refractivity contribution in [2.45, 2.75) is 38.7 Å². The minimum absolute atomic E-state index is 0.0440. The standard InChI is InChI=1S/C26H30BrF3N4O2/c1-4-23(32(14-15-34(2,3)36)17-20-10-12-21(27)13-11-20)24-31-16-22(26(28,29)30)25(35)33(24)18-19-8-6-5-7-9-19/h5-13,16,23H,4,14-15,17-18H2,1-3H3. The second kappa shape index (κ2) is 11.7. The molecule has 36 heavy (non-hydrogen) atoms. The molecule has 0 aliphatic rings. The fraction of sp³-hybridized carbons (Fsp3) is 0.385. The Labute approximate surface area is 217 Å². The number of halogens is 4. The van der Waals surface area contributed by atoms with Gasteiger partial charge in [-0.1, -0.05) is 65.3 Å². The molecular weight excluding hydrogens is 537 g/mol. The minimum atomic E-state index is -4.82. The van der Waals surface area contributed by atoms with Gasteiger partial charge in [-0.25, -0.2) is 4.98 Å². The summed E-state index contributed by atoms with van der Waals surface area (Å²) in [5.41, 5.74) is -0.766. The van der Waals surface area contributed by atoms with Crippen LogP contribution < -0.4 is 5.56 Å². The first-order chi connectivity index (χ1) is 16.9. The van der Waals surface area contributed by atoms with Crippen molar-refractivity contribution in [1.82, 2.24) is 14.5 Å². The summed E-state index contributed by atoms with van der Waals surface area (Å²) in [4.78, 5) is 19.3. The van der Waals surface area contributed by atoms with Crippen molar-refractivity contribution in [2.75, 3.05) is 27.2 Å². The molecule has 0 saturated carbocycles. The molecule has 6 nitrogen and oxygen atoms in total. The van der Waals surface area contributed by atoms with Gasteiger partial charge in [0.2, 0.25) is 0 Å². The van der Waals surface area contributed by atoms with Crippen molar-refractivity contribution in [3.63, 3.8) is 0 Å². The quantitative estimate of drug-likeness (QED) is 0.237. The van der Waals surface area contributed by atoms with Gasteiger partial charge in [0.15, 0.2) is 0 Å². The Balaban J connectivity index is 2.10. The number of rotatable bonds is 10. The van der Waals surface area contributed by atoms with Crippen LogP contribution in [0.3, 0.4) is 0 Å². The zero-order valence-corrected chi connectivity index (χ0v) is 22.1. The first-order valence-electron chi connectivity index (χ1n) is 11.6. The van der Waals surface area contributed by atoms with Gasteiger partial charge in [-0.05, 0) is 29.7 Å². The first kappa shape index (κ1) is 28.0. The summed E-state index contributed by atoms with van der Waals surface area (Å²) < 4.78 is 42.3. The number of nitrogens with zero attached hydrogens (tertiary/aromatic N) is 4. The van der Waals surface area contributed by atoms with Crippen molar-refractivity contribution in [1.29, 1.82) is 0 Å².